The molecule has 0 aromatic rings. The van der Waals surface area contributed by atoms with Crippen molar-refractivity contribution >= 4 is 5.97 Å². The van der Waals surface area contributed by atoms with Crippen molar-refractivity contribution in [3.63, 3.8) is 0 Å². The van der Waals surface area contributed by atoms with Crippen molar-refractivity contribution in [1.29, 1.82) is 0 Å². The van der Waals surface area contributed by atoms with Crippen molar-refractivity contribution in [3.05, 3.63) is 0 Å². The molecular formula is C17H30O2. The summed E-state index contributed by atoms with van der Waals surface area (Å²) in [6, 6.07) is 0. The van der Waals surface area contributed by atoms with E-state index in [1.807, 2.05) is 0 Å². The van der Waals surface area contributed by atoms with Crippen LogP contribution in [0.1, 0.15) is 72.1 Å². The summed E-state index contributed by atoms with van der Waals surface area (Å²) in [6.45, 7) is 6.92. The zero-order valence-electron chi connectivity index (χ0n) is 12.8. The summed E-state index contributed by atoms with van der Waals surface area (Å²) in [5, 5.41) is 9.51. The van der Waals surface area contributed by atoms with Crippen molar-refractivity contribution in [3.8, 4) is 0 Å². The average molecular weight is 266 g/mol. The van der Waals surface area contributed by atoms with Gasteiger partial charge in [0.25, 0.3) is 0 Å². The summed E-state index contributed by atoms with van der Waals surface area (Å²) in [6.07, 6.45) is 9.56. The number of carboxylic acid groups (broad SMARTS) is 1. The summed E-state index contributed by atoms with van der Waals surface area (Å²) < 4.78 is 0. The number of carbonyl (C=O) groups is 1. The van der Waals surface area contributed by atoms with Gasteiger partial charge in [-0.25, -0.2) is 0 Å². The summed E-state index contributed by atoms with van der Waals surface area (Å²) in [5.74, 6) is 1.38. The van der Waals surface area contributed by atoms with Crippen LogP contribution in [0.3, 0.4) is 0 Å². The summed E-state index contributed by atoms with van der Waals surface area (Å²) in [5.41, 5.74) is 0.345. The van der Waals surface area contributed by atoms with Gasteiger partial charge in [-0.1, -0.05) is 40.0 Å². The molecule has 0 aromatic carbocycles. The van der Waals surface area contributed by atoms with E-state index in [0.29, 0.717) is 17.3 Å². The van der Waals surface area contributed by atoms with Crippen molar-refractivity contribution in [2.24, 2.45) is 29.1 Å². The van der Waals surface area contributed by atoms with Crippen molar-refractivity contribution in [2.45, 2.75) is 72.1 Å². The minimum Gasteiger partial charge on any atom is -0.481 e. The Morgan fingerprint density at radius 1 is 1.16 bits per heavy atom. The first-order valence-electron chi connectivity index (χ1n) is 8.16. The highest BCUT2D eigenvalue weighted by molar-refractivity contribution is 5.70. The normalized spacial score (nSPS) is 38.9. The molecule has 2 heteroatoms. The lowest BCUT2D eigenvalue weighted by atomic mass is 9.60. The van der Waals surface area contributed by atoms with Gasteiger partial charge in [0.1, 0.15) is 0 Å². The fraction of sp³-hybridized carbons (Fsp3) is 0.941. The Kier molecular flexibility index (Phi) is 4.58. The third-order valence-corrected chi connectivity index (χ3v) is 5.83. The lowest BCUT2D eigenvalue weighted by Crippen LogP contribution is -2.39. The fourth-order valence-electron chi connectivity index (χ4n) is 4.47. The highest BCUT2D eigenvalue weighted by Crippen LogP contribution is 2.49. The minimum absolute atomic E-state index is 0.0730. The van der Waals surface area contributed by atoms with Gasteiger partial charge in [0.2, 0.25) is 0 Å². The van der Waals surface area contributed by atoms with Gasteiger partial charge < -0.3 is 5.11 Å². The molecule has 0 bridgehead atoms. The maximum atomic E-state index is 11.5. The third-order valence-electron chi connectivity index (χ3n) is 5.83. The number of rotatable bonds is 3. The Balaban J connectivity index is 2.03. The van der Waals surface area contributed by atoms with Gasteiger partial charge in [-0.05, 0) is 55.3 Å². The van der Waals surface area contributed by atoms with Crippen LogP contribution in [0.2, 0.25) is 0 Å². The highest BCUT2D eigenvalue weighted by Gasteiger charge is 2.42. The summed E-state index contributed by atoms with van der Waals surface area (Å²) in [4.78, 5) is 11.5. The fourth-order valence-corrected chi connectivity index (χ4v) is 4.47. The largest absolute Gasteiger partial charge is 0.481 e. The van der Waals surface area contributed by atoms with E-state index >= 15 is 0 Å². The molecule has 0 amide bonds. The van der Waals surface area contributed by atoms with Gasteiger partial charge in [-0.2, -0.15) is 0 Å². The summed E-state index contributed by atoms with van der Waals surface area (Å²) in [7, 11) is 0. The zero-order valence-corrected chi connectivity index (χ0v) is 12.8. The van der Waals surface area contributed by atoms with Crippen LogP contribution < -0.4 is 0 Å². The quantitative estimate of drug-likeness (QED) is 0.801. The first-order chi connectivity index (χ1) is 8.93. The topological polar surface area (TPSA) is 37.3 Å². The molecule has 2 fully saturated rings. The molecule has 2 aliphatic carbocycles. The first kappa shape index (κ1) is 14.9. The van der Waals surface area contributed by atoms with Crippen LogP contribution in [-0.4, -0.2) is 11.1 Å². The minimum atomic E-state index is -0.543. The average Bonchev–Trinajstić information content (AvgIpc) is 2.37. The number of aliphatic carboxylic acids is 1. The molecule has 1 N–H and O–H groups in total. The third kappa shape index (κ3) is 3.52. The van der Waals surface area contributed by atoms with Gasteiger partial charge in [0.05, 0.1) is 5.92 Å². The smallest absolute Gasteiger partial charge is 0.306 e. The molecule has 0 radical (unpaired) electrons. The van der Waals surface area contributed by atoms with Gasteiger partial charge in [-0.3, -0.25) is 4.79 Å². The molecule has 19 heavy (non-hydrogen) atoms. The predicted octanol–water partition coefficient (Wildman–Crippen LogP) is 4.73. The molecule has 2 unspecified atom stereocenters. The lowest BCUT2D eigenvalue weighted by molar-refractivity contribution is -0.147. The van der Waals surface area contributed by atoms with Gasteiger partial charge in [-0.15, -0.1) is 0 Å². The van der Waals surface area contributed by atoms with Gasteiger partial charge in [0.15, 0.2) is 0 Å². The lowest BCUT2D eigenvalue weighted by Gasteiger charge is -2.44. The molecule has 0 heterocycles. The Morgan fingerprint density at radius 3 is 2.32 bits per heavy atom. The molecule has 2 aliphatic rings. The van der Waals surface area contributed by atoms with Crippen LogP contribution in [0.5, 0.6) is 0 Å². The number of carboxylic acids is 1. The standard InChI is InChI=1S/C17H30O2/c1-4-12-5-7-13(8-6-12)15-11-17(2,3)10-9-14(15)16(18)19/h12-15H,4-11H2,1-3H3,(H,18,19). The second-order valence-corrected chi connectivity index (χ2v) is 7.70. The number of hydrogen-bond donors (Lipinski definition) is 1. The van der Waals surface area contributed by atoms with Crippen molar-refractivity contribution in [1.82, 2.24) is 0 Å². The second kappa shape index (κ2) is 5.85. The van der Waals surface area contributed by atoms with Crippen LogP contribution in [0, 0.1) is 29.1 Å². The molecule has 2 saturated carbocycles. The molecule has 2 rings (SSSR count). The Hall–Kier alpha value is -0.530. The molecule has 110 valence electrons. The first-order valence-corrected chi connectivity index (χ1v) is 8.16. The maximum absolute atomic E-state index is 11.5. The van der Waals surface area contributed by atoms with E-state index in [2.05, 4.69) is 20.8 Å². The zero-order chi connectivity index (χ0) is 14.0. The van der Waals surface area contributed by atoms with Crippen LogP contribution in [-0.2, 0) is 4.79 Å². The molecule has 0 aromatic heterocycles. The maximum Gasteiger partial charge on any atom is 0.306 e. The van der Waals surface area contributed by atoms with Crippen LogP contribution >= 0.6 is 0 Å². The number of hydrogen-bond acceptors (Lipinski definition) is 1. The monoisotopic (exact) mass is 266 g/mol. The molecular weight excluding hydrogens is 236 g/mol. The van der Waals surface area contributed by atoms with E-state index in [1.54, 1.807) is 0 Å². The van der Waals surface area contributed by atoms with Crippen molar-refractivity contribution < 1.29 is 9.90 Å². The SMILES string of the molecule is CCC1CCC(C2CC(C)(C)CCC2C(=O)O)CC1. The Morgan fingerprint density at radius 2 is 1.79 bits per heavy atom. The summed E-state index contributed by atoms with van der Waals surface area (Å²) >= 11 is 0. The molecule has 2 atom stereocenters. The van der Waals surface area contributed by atoms with E-state index in [4.69, 9.17) is 0 Å². The van der Waals surface area contributed by atoms with E-state index in [1.165, 1.54) is 32.1 Å². The molecule has 0 aliphatic heterocycles. The molecule has 0 saturated heterocycles. The van der Waals surface area contributed by atoms with E-state index in [0.717, 1.165) is 25.2 Å². The second-order valence-electron chi connectivity index (χ2n) is 7.70. The molecule has 0 spiro atoms. The van der Waals surface area contributed by atoms with Gasteiger partial charge >= 0.3 is 5.97 Å². The predicted molar refractivity (Wildman–Crippen MR) is 78.0 cm³/mol. The van der Waals surface area contributed by atoms with Crippen LogP contribution in [0.25, 0.3) is 0 Å². The van der Waals surface area contributed by atoms with E-state index < -0.39 is 5.97 Å². The highest BCUT2D eigenvalue weighted by atomic mass is 16.4. The van der Waals surface area contributed by atoms with Crippen LogP contribution in [0.4, 0.5) is 0 Å². The Bertz CT molecular complexity index is 313. The van der Waals surface area contributed by atoms with E-state index in [9.17, 15) is 9.90 Å². The Labute approximate surface area is 118 Å². The van der Waals surface area contributed by atoms with Crippen LogP contribution in [0.15, 0.2) is 0 Å². The molecule has 2 nitrogen and oxygen atoms in total. The van der Waals surface area contributed by atoms with Crippen molar-refractivity contribution in [2.75, 3.05) is 0 Å². The van der Waals surface area contributed by atoms with E-state index in [-0.39, 0.29) is 5.92 Å². The van der Waals surface area contributed by atoms with Gasteiger partial charge in [0, 0.05) is 0 Å².